The normalized spacial score (nSPS) is 12.2. The van der Waals surface area contributed by atoms with Crippen LogP contribution in [-0.4, -0.2) is 12.4 Å². The van der Waals surface area contributed by atoms with Crippen molar-refractivity contribution in [3.05, 3.63) is 51.2 Å². The fraction of sp³-hybridized carbons (Fsp3) is 0.389. The van der Waals surface area contributed by atoms with Crippen molar-refractivity contribution in [2.45, 2.75) is 40.0 Å². The van der Waals surface area contributed by atoms with Gasteiger partial charge in [-0.1, -0.05) is 26.0 Å². The van der Waals surface area contributed by atoms with Crippen LogP contribution in [0.2, 0.25) is 0 Å². The van der Waals surface area contributed by atoms with E-state index in [1.807, 2.05) is 32.0 Å². The van der Waals surface area contributed by atoms with Crippen LogP contribution in [0.3, 0.4) is 0 Å². The third-order valence-electron chi connectivity index (χ3n) is 3.77. The van der Waals surface area contributed by atoms with Crippen LogP contribution in [0.15, 0.2) is 30.3 Å². The lowest BCUT2D eigenvalue weighted by molar-refractivity contribution is 0.0921. The number of carbonyl (C=O) groups excluding carboxylic acids is 1. The van der Waals surface area contributed by atoms with Crippen molar-refractivity contribution in [2.24, 2.45) is 0 Å². The number of aryl methyl sites for hydroxylation is 2. The lowest BCUT2D eigenvalue weighted by Gasteiger charge is -2.10. The van der Waals surface area contributed by atoms with E-state index in [0.29, 0.717) is 5.92 Å². The van der Waals surface area contributed by atoms with Crippen molar-refractivity contribution < 1.29 is 9.53 Å². The SMILES string of the molecule is CCC(C)c1ccc(OCC(=O)c2cc(C)sc2C)cc1. The van der Waals surface area contributed by atoms with E-state index in [4.69, 9.17) is 4.74 Å². The van der Waals surface area contributed by atoms with Crippen LogP contribution in [0.1, 0.15) is 51.9 Å². The average molecular weight is 302 g/mol. The predicted octanol–water partition coefficient (Wildman–Crippen LogP) is 5.14. The number of ketones is 1. The van der Waals surface area contributed by atoms with E-state index in [1.165, 1.54) is 5.56 Å². The van der Waals surface area contributed by atoms with Crippen molar-refractivity contribution in [1.82, 2.24) is 0 Å². The summed E-state index contributed by atoms with van der Waals surface area (Å²) in [6.45, 7) is 8.48. The number of carbonyl (C=O) groups is 1. The van der Waals surface area contributed by atoms with E-state index in [0.717, 1.165) is 27.5 Å². The summed E-state index contributed by atoms with van der Waals surface area (Å²) < 4.78 is 5.61. The zero-order valence-corrected chi connectivity index (χ0v) is 13.9. The first-order chi connectivity index (χ1) is 10.0. The van der Waals surface area contributed by atoms with E-state index < -0.39 is 0 Å². The Bertz CT molecular complexity index is 611. The largest absolute Gasteiger partial charge is 0.485 e. The van der Waals surface area contributed by atoms with Crippen LogP contribution in [0.25, 0.3) is 0 Å². The zero-order chi connectivity index (χ0) is 15.4. The molecule has 3 heteroatoms. The summed E-state index contributed by atoms with van der Waals surface area (Å²) in [4.78, 5) is 14.4. The maximum atomic E-state index is 12.2. The number of thiophene rings is 1. The van der Waals surface area contributed by atoms with Gasteiger partial charge in [0.1, 0.15) is 5.75 Å². The minimum absolute atomic E-state index is 0.0443. The number of Topliss-reactive ketones (excluding diaryl/α,β-unsaturated/α-hetero) is 1. The molecule has 1 atom stereocenters. The van der Waals surface area contributed by atoms with Crippen LogP contribution in [0.4, 0.5) is 0 Å². The second-order valence-corrected chi connectivity index (χ2v) is 6.88. The Hall–Kier alpha value is -1.61. The van der Waals surface area contributed by atoms with Gasteiger partial charge in [-0.25, -0.2) is 0 Å². The molecule has 1 heterocycles. The first-order valence-corrected chi connectivity index (χ1v) is 8.16. The Morgan fingerprint density at radius 3 is 2.43 bits per heavy atom. The van der Waals surface area contributed by atoms with Crippen LogP contribution in [0, 0.1) is 13.8 Å². The molecule has 1 aromatic carbocycles. The molecule has 0 aliphatic carbocycles. The molecular weight excluding hydrogens is 280 g/mol. The molecule has 0 amide bonds. The minimum Gasteiger partial charge on any atom is -0.485 e. The van der Waals surface area contributed by atoms with Gasteiger partial charge >= 0.3 is 0 Å². The Labute approximate surface area is 130 Å². The molecule has 0 aliphatic heterocycles. The second kappa shape index (κ2) is 6.90. The van der Waals surface area contributed by atoms with E-state index in [1.54, 1.807) is 11.3 Å². The molecule has 0 radical (unpaired) electrons. The molecular formula is C18H22O2S. The molecule has 0 saturated heterocycles. The predicted molar refractivity (Wildman–Crippen MR) is 88.8 cm³/mol. The summed E-state index contributed by atoms with van der Waals surface area (Å²) in [7, 11) is 0. The highest BCUT2D eigenvalue weighted by Gasteiger charge is 2.12. The van der Waals surface area contributed by atoms with Crippen molar-refractivity contribution >= 4 is 17.1 Å². The summed E-state index contributed by atoms with van der Waals surface area (Å²) >= 11 is 1.65. The molecule has 0 spiro atoms. The summed E-state index contributed by atoms with van der Waals surface area (Å²) in [6, 6.07) is 9.99. The average Bonchev–Trinajstić information content (AvgIpc) is 2.83. The molecule has 21 heavy (non-hydrogen) atoms. The standard InChI is InChI=1S/C18H22O2S/c1-5-12(2)15-6-8-16(9-7-15)20-11-18(19)17-10-13(3)21-14(17)4/h6-10,12H,5,11H2,1-4H3. The highest BCUT2D eigenvalue weighted by atomic mass is 32.1. The first-order valence-electron chi connectivity index (χ1n) is 7.34. The Morgan fingerprint density at radius 1 is 1.24 bits per heavy atom. The number of rotatable bonds is 6. The van der Waals surface area contributed by atoms with Gasteiger partial charge in [0.25, 0.3) is 0 Å². The number of hydrogen-bond acceptors (Lipinski definition) is 3. The van der Waals surface area contributed by atoms with Gasteiger partial charge in [-0.2, -0.15) is 0 Å². The molecule has 1 aromatic heterocycles. The summed E-state index contributed by atoms with van der Waals surface area (Å²) in [5.41, 5.74) is 2.09. The second-order valence-electron chi connectivity index (χ2n) is 5.42. The Morgan fingerprint density at radius 2 is 1.90 bits per heavy atom. The van der Waals surface area contributed by atoms with E-state index >= 15 is 0 Å². The molecule has 2 aromatic rings. The fourth-order valence-corrected chi connectivity index (χ4v) is 3.21. The van der Waals surface area contributed by atoms with E-state index in [-0.39, 0.29) is 12.4 Å². The molecule has 0 N–H and O–H groups in total. The molecule has 2 nitrogen and oxygen atoms in total. The summed E-state index contributed by atoms with van der Waals surface area (Å²) in [6.07, 6.45) is 1.12. The van der Waals surface area contributed by atoms with Crippen LogP contribution >= 0.6 is 11.3 Å². The molecule has 1 unspecified atom stereocenters. The number of benzene rings is 1. The fourth-order valence-electron chi connectivity index (χ4n) is 2.26. The number of ether oxygens (including phenoxy) is 1. The smallest absolute Gasteiger partial charge is 0.201 e. The van der Waals surface area contributed by atoms with Gasteiger partial charge in [0.15, 0.2) is 6.61 Å². The lowest BCUT2D eigenvalue weighted by Crippen LogP contribution is -2.11. The van der Waals surface area contributed by atoms with Crippen molar-refractivity contribution in [2.75, 3.05) is 6.61 Å². The third kappa shape index (κ3) is 3.94. The van der Waals surface area contributed by atoms with Gasteiger partial charge in [0.2, 0.25) is 5.78 Å². The maximum Gasteiger partial charge on any atom is 0.201 e. The van der Waals surface area contributed by atoms with Gasteiger partial charge in [-0.05, 0) is 49.9 Å². The van der Waals surface area contributed by atoms with Crippen LogP contribution in [0.5, 0.6) is 5.75 Å². The lowest BCUT2D eigenvalue weighted by atomic mass is 9.99. The van der Waals surface area contributed by atoms with E-state index in [9.17, 15) is 4.79 Å². The molecule has 2 rings (SSSR count). The first kappa shape index (κ1) is 15.8. The van der Waals surface area contributed by atoms with Gasteiger partial charge in [-0.15, -0.1) is 11.3 Å². The monoisotopic (exact) mass is 302 g/mol. The topological polar surface area (TPSA) is 26.3 Å². The van der Waals surface area contributed by atoms with Crippen LogP contribution in [-0.2, 0) is 0 Å². The van der Waals surface area contributed by atoms with Crippen molar-refractivity contribution in [1.29, 1.82) is 0 Å². The minimum atomic E-state index is 0.0443. The molecule has 0 aliphatic rings. The van der Waals surface area contributed by atoms with E-state index in [2.05, 4.69) is 26.0 Å². The summed E-state index contributed by atoms with van der Waals surface area (Å²) in [5.74, 6) is 1.35. The summed E-state index contributed by atoms with van der Waals surface area (Å²) in [5, 5.41) is 0. The Kier molecular flexibility index (Phi) is 5.18. The maximum absolute atomic E-state index is 12.2. The van der Waals surface area contributed by atoms with Gasteiger partial charge in [0.05, 0.1) is 0 Å². The molecule has 0 saturated carbocycles. The molecule has 0 fully saturated rings. The van der Waals surface area contributed by atoms with Gasteiger partial charge < -0.3 is 4.74 Å². The Balaban J connectivity index is 1.97. The zero-order valence-electron chi connectivity index (χ0n) is 13.1. The molecule has 0 bridgehead atoms. The molecule has 112 valence electrons. The van der Waals surface area contributed by atoms with Gasteiger partial charge in [-0.3, -0.25) is 4.79 Å². The van der Waals surface area contributed by atoms with Gasteiger partial charge in [0, 0.05) is 15.3 Å². The quantitative estimate of drug-likeness (QED) is 0.691. The van der Waals surface area contributed by atoms with Crippen LogP contribution < -0.4 is 4.74 Å². The van der Waals surface area contributed by atoms with Crippen molar-refractivity contribution in [3.63, 3.8) is 0 Å². The number of hydrogen-bond donors (Lipinski definition) is 0. The third-order valence-corrected chi connectivity index (χ3v) is 4.74. The highest BCUT2D eigenvalue weighted by Crippen LogP contribution is 2.23. The van der Waals surface area contributed by atoms with Crippen molar-refractivity contribution in [3.8, 4) is 5.75 Å². The highest BCUT2D eigenvalue weighted by molar-refractivity contribution is 7.12.